The van der Waals surface area contributed by atoms with Crippen molar-refractivity contribution in [2.24, 2.45) is 0 Å². The van der Waals surface area contributed by atoms with E-state index in [1.165, 1.54) is 32.1 Å². The second kappa shape index (κ2) is 9.41. The van der Waals surface area contributed by atoms with Crippen LogP contribution in [0.1, 0.15) is 49.5 Å². The van der Waals surface area contributed by atoms with Gasteiger partial charge in [0.2, 0.25) is 5.13 Å². The number of anilines is 3. The molecule has 9 heteroatoms. The topological polar surface area (TPSA) is 76.1 Å². The number of aromatic nitrogens is 4. The second-order valence-electron chi connectivity index (χ2n) is 7.92. The molecule has 1 saturated heterocycles. The lowest BCUT2D eigenvalue weighted by Gasteiger charge is -2.26. The number of ether oxygens (including phenoxy) is 1. The predicted octanol–water partition coefficient (Wildman–Crippen LogP) is 4.92. The van der Waals surface area contributed by atoms with Crippen LogP contribution < -0.4 is 10.2 Å². The molecular formula is C21H27ClN6OS. The van der Waals surface area contributed by atoms with Gasteiger partial charge in [0.1, 0.15) is 10.8 Å². The fourth-order valence-electron chi connectivity index (χ4n) is 4.50. The third-order valence-electron chi connectivity index (χ3n) is 5.97. The number of nitrogens with one attached hydrogen (secondary N) is 1. The van der Waals surface area contributed by atoms with Crippen molar-refractivity contribution in [2.75, 3.05) is 30.5 Å². The van der Waals surface area contributed by atoms with Crippen LogP contribution in [0.15, 0.2) is 24.4 Å². The van der Waals surface area contributed by atoms with Gasteiger partial charge in [0, 0.05) is 19.6 Å². The molecule has 0 bridgehead atoms. The quantitative estimate of drug-likeness (QED) is 0.575. The van der Waals surface area contributed by atoms with E-state index in [0.717, 1.165) is 52.3 Å². The van der Waals surface area contributed by atoms with Gasteiger partial charge in [-0.2, -0.15) is 0 Å². The molecular weight excluding hydrogens is 420 g/mol. The Morgan fingerprint density at radius 1 is 1.13 bits per heavy atom. The zero-order valence-corrected chi connectivity index (χ0v) is 18.7. The van der Waals surface area contributed by atoms with E-state index in [4.69, 9.17) is 9.72 Å². The van der Waals surface area contributed by atoms with Crippen LogP contribution >= 0.6 is 23.7 Å². The molecule has 1 aliphatic heterocycles. The predicted molar refractivity (Wildman–Crippen MR) is 123 cm³/mol. The van der Waals surface area contributed by atoms with Gasteiger partial charge in [-0.3, -0.25) is 4.98 Å². The molecule has 0 amide bonds. The molecule has 0 aromatic carbocycles. The van der Waals surface area contributed by atoms with Crippen molar-refractivity contribution in [3.05, 3.63) is 29.4 Å². The fourth-order valence-corrected chi connectivity index (χ4v) is 5.42. The van der Waals surface area contributed by atoms with Crippen LogP contribution in [0, 0.1) is 0 Å². The Hall–Kier alpha value is -2.03. The molecule has 7 nitrogen and oxygen atoms in total. The molecule has 2 aliphatic rings. The normalized spacial score (nSPS) is 19.4. The summed E-state index contributed by atoms with van der Waals surface area (Å²) >= 11 is 1.65. The molecule has 2 fully saturated rings. The van der Waals surface area contributed by atoms with E-state index in [9.17, 15) is 0 Å². The van der Waals surface area contributed by atoms with E-state index in [1.54, 1.807) is 18.4 Å². The monoisotopic (exact) mass is 446 g/mol. The van der Waals surface area contributed by atoms with E-state index < -0.39 is 0 Å². The van der Waals surface area contributed by atoms with E-state index in [2.05, 4.69) is 31.5 Å². The highest BCUT2D eigenvalue weighted by Crippen LogP contribution is 2.37. The van der Waals surface area contributed by atoms with Crippen molar-refractivity contribution in [1.82, 2.24) is 20.2 Å². The number of nitrogens with zero attached hydrogens (tertiary/aromatic N) is 5. The summed E-state index contributed by atoms with van der Waals surface area (Å²) in [5, 5.41) is 14.0. The first kappa shape index (κ1) is 21.2. The highest BCUT2D eigenvalue weighted by atomic mass is 35.5. The van der Waals surface area contributed by atoms with Crippen molar-refractivity contribution >= 4 is 51.4 Å². The van der Waals surface area contributed by atoms with Gasteiger partial charge in [-0.05, 0) is 43.9 Å². The lowest BCUT2D eigenvalue weighted by molar-refractivity contribution is 0.181. The maximum absolute atomic E-state index is 5.39. The second-order valence-corrected chi connectivity index (χ2v) is 8.93. The van der Waals surface area contributed by atoms with Crippen molar-refractivity contribution in [1.29, 1.82) is 0 Å². The summed E-state index contributed by atoms with van der Waals surface area (Å²) in [4.78, 5) is 11.8. The number of pyridine rings is 2. The minimum Gasteiger partial charge on any atom is -0.383 e. The third kappa shape index (κ3) is 4.36. The summed E-state index contributed by atoms with van der Waals surface area (Å²) in [5.74, 6) is 1.36. The SMILES string of the molecule is COCC1CCCN1c1cnc2ccc(Nc3nnc(C4CCCC4)s3)nc2c1.Cl. The summed E-state index contributed by atoms with van der Waals surface area (Å²) in [6, 6.07) is 6.50. The largest absolute Gasteiger partial charge is 0.383 e. The van der Waals surface area contributed by atoms with Crippen LogP contribution in [0.5, 0.6) is 0 Å². The smallest absolute Gasteiger partial charge is 0.211 e. The summed E-state index contributed by atoms with van der Waals surface area (Å²) in [5.41, 5.74) is 2.89. The molecule has 160 valence electrons. The molecule has 1 unspecified atom stereocenters. The molecule has 1 aliphatic carbocycles. The van der Waals surface area contributed by atoms with Gasteiger partial charge in [0.15, 0.2) is 0 Å². The van der Waals surface area contributed by atoms with Crippen LogP contribution in [-0.2, 0) is 4.74 Å². The first-order valence-corrected chi connectivity index (χ1v) is 11.2. The van der Waals surface area contributed by atoms with Gasteiger partial charge in [-0.25, -0.2) is 4.98 Å². The van der Waals surface area contributed by atoms with Crippen molar-refractivity contribution in [3.8, 4) is 0 Å². The Labute approximate surface area is 186 Å². The van der Waals surface area contributed by atoms with Gasteiger partial charge in [-0.15, -0.1) is 22.6 Å². The lowest BCUT2D eigenvalue weighted by atomic mass is 10.1. The van der Waals surface area contributed by atoms with Crippen molar-refractivity contribution in [2.45, 2.75) is 50.5 Å². The zero-order valence-electron chi connectivity index (χ0n) is 17.1. The van der Waals surface area contributed by atoms with Gasteiger partial charge < -0.3 is 15.0 Å². The Morgan fingerprint density at radius 3 is 2.83 bits per heavy atom. The molecule has 1 saturated carbocycles. The van der Waals surface area contributed by atoms with Crippen LogP contribution in [0.25, 0.3) is 11.0 Å². The summed E-state index contributed by atoms with van der Waals surface area (Å²) < 4.78 is 5.39. The Morgan fingerprint density at radius 2 is 2.00 bits per heavy atom. The van der Waals surface area contributed by atoms with Crippen molar-refractivity contribution < 1.29 is 4.74 Å². The molecule has 0 spiro atoms. The number of halogens is 1. The van der Waals surface area contributed by atoms with Gasteiger partial charge >= 0.3 is 0 Å². The zero-order chi connectivity index (χ0) is 19.6. The Balaban J connectivity index is 0.00000218. The average molecular weight is 447 g/mol. The van der Waals surface area contributed by atoms with Gasteiger partial charge in [-0.1, -0.05) is 24.2 Å². The molecule has 3 aromatic heterocycles. The first-order valence-electron chi connectivity index (χ1n) is 10.4. The molecule has 30 heavy (non-hydrogen) atoms. The third-order valence-corrected chi connectivity index (χ3v) is 6.97. The maximum atomic E-state index is 5.39. The van der Waals surface area contributed by atoms with Crippen molar-refractivity contribution in [3.63, 3.8) is 0 Å². The van der Waals surface area contributed by atoms with Crippen LogP contribution in [0.4, 0.5) is 16.6 Å². The Bertz CT molecular complexity index is 993. The minimum atomic E-state index is 0. The number of rotatable bonds is 6. The van der Waals surface area contributed by atoms with Crippen LogP contribution in [0.3, 0.4) is 0 Å². The molecule has 1 N–H and O–H groups in total. The van der Waals surface area contributed by atoms with Gasteiger partial charge in [0.05, 0.1) is 35.6 Å². The summed E-state index contributed by atoms with van der Waals surface area (Å²) in [6.45, 7) is 1.78. The number of methoxy groups -OCH3 is 1. The summed E-state index contributed by atoms with van der Waals surface area (Å²) in [6.07, 6.45) is 9.36. The first-order chi connectivity index (χ1) is 14.3. The maximum Gasteiger partial charge on any atom is 0.211 e. The minimum absolute atomic E-state index is 0. The number of fused-ring (bicyclic) bond motifs is 1. The highest BCUT2D eigenvalue weighted by molar-refractivity contribution is 7.15. The van der Waals surface area contributed by atoms with E-state index >= 15 is 0 Å². The summed E-state index contributed by atoms with van der Waals surface area (Å²) in [7, 11) is 1.76. The molecule has 0 radical (unpaired) electrons. The lowest BCUT2D eigenvalue weighted by Crippen LogP contribution is -2.32. The Kier molecular flexibility index (Phi) is 6.65. The molecule has 3 aromatic rings. The number of hydrogen-bond acceptors (Lipinski definition) is 8. The standard InChI is InChI=1S/C21H26N6OS.ClH/c1-28-13-15-7-4-10-27(15)16-11-18-17(22-12-16)8-9-19(23-18)24-21-26-25-20(29-21)14-5-2-3-6-14;/h8-9,11-12,14-15H,2-7,10,13H2,1H3,(H,23,24,26);1H. The number of hydrogen-bond donors (Lipinski definition) is 1. The molecule has 5 rings (SSSR count). The highest BCUT2D eigenvalue weighted by Gasteiger charge is 2.25. The van der Waals surface area contributed by atoms with E-state index in [-0.39, 0.29) is 12.4 Å². The van der Waals surface area contributed by atoms with E-state index in [1.807, 2.05) is 18.3 Å². The van der Waals surface area contributed by atoms with E-state index in [0.29, 0.717) is 12.0 Å². The molecule has 4 heterocycles. The molecule has 1 atom stereocenters. The van der Waals surface area contributed by atoms with Crippen LogP contribution in [-0.4, -0.2) is 46.5 Å². The fraction of sp³-hybridized carbons (Fsp3) is 0.524. The van der Waals surface area contributed by atoms with Crippen LogP contribution in [0.2, 0.25) is 0 Å². The van der Waals surface area contributed by atoms with Gasteiger partial charge in [0.25, 0.3) is 0 Å². The average Bonchev–Trinajstić information content (AvgIpc) is 3.49.